The van der Waals surface area contributed by atoms with E-state index in [1.165, 1.54) is 24.4 Å². The standard InChI is InChI=1S/C18H16FN5OS/c1-18(9-26-8-15(21)24-18)13-5-11(2-3-14(13)19)12-4-10(6-20)7-23-16(12)17(22)25/h2-5,7H,8-9H2,1H3,(H2,21,24)(H2,22,25)/t18-/m0/s1. The lowest BCUT2D eigenvalue weighted by Gasteiger charge is -2.30. The van der Waals surface area contributed by atoms with Crippen LogP contribution < -0.4 is 11.5 Å². The highest BCUT2D eigenvalue weighted by atomic mass is 32.2. The Bertz CT molecular complexity index is 969. The van der Waals surface area contributed by atoms with Gasteiger partial charge in [0.2, 0.25) is 0 Å². The maximum Gasteiger partial charge on any atom is 0.267 e. The molecule has 2 aromatic rings. The minimum absolute atomic E-state index is 0.0211. The number of halogens is 1. The normalized spacial score (nSPS) is 19.5. The second-order valence-electron chi connectivity index (χ2n) is 6.16. The third-order valence-electron chi connectivity index (χ3n) is 4.13. The Morgan fingerprint density at radius 3 is 2.85 bits per heavy atom. The van der Waals surface area contributed by atoms with Crippen molar-refractivity contribution in [1.29, 1.82) is 5.26 Å². The number of carbonyl (C=O) groups is 1. The average molecular weight is 369 g/mol. The monoisotopic (exact) mass is 369 g/mol. The molecule has 8 heteroatoms. The summed E-state index contributed by atoms with van der Waals surface area (Å²) in [6.45, 7) is 1.81. The van der Waals surface area contributed by atoms with E-state index >= 15 is 0 Å². The van der Waals surface area contributed by atoms with Gasteiger partial charge in [0, 0.05) is 23.1 Å². The number of pyridine rings is 1. The number of thioether (sulfide) groups is 1. The van der Waals surface area contributed by atoms with Crippen molar-refractivity contribution >= 4 is 23.5 Å². The highest BCUT2D eigenvalue weighted by Crippen LogP contribution is 2.37. The van der Waals surface area contributed by atoms with Gasteiger partial charge in [-0.1, -0.05) is 6.07 Å². The maximum atomic E-state index is 14.6. The molecule has 0 saturated carbocycles. The van der Waals surface area contributed by atoms with Crippen molar-refractivity contribution in [3.8, 4) is 17.2 Å². The van der Waals surface area contributed by atoms with Gasteiger partial charge in [-0.3, -0.25) is 9.79 Å². The minimum atomic E-state index is -0.819. The Morgan fingerprint density at radius 1 is 1.42 bits per heavy atom. The summed E-state index contributed by atoms with van der Waals surface area (Å²) < 4.78 is 14.6. The summed E-state index contributed by atoms with van der Waals surface area (Å²) in [5.74, 6) is 0.501. The van der Waals surface area contributed by atoms with Crippen molar-refractivity contribution in [2.24, 2.45) is 16.5 Å². The van der Waals surface area contributed by atoms with Crippen molar-refractivity contribution < 1.29 is 9.18 Å². The van der Waals surface area contributed by atoms with Crippen molar-refractivity contribution in [3.63, 3.8) is 0 Å². The van der Waals surface area contributed by atoms with E-state index in [0.717, 1.165) is 0 Å². The number of hydrogen-bond donors (Lipinski definition) is 2. The van der Waals surface area contributed by atoms with Crippen LogP contribution in [0.2, 0.25) is 0 Å². The molecule has 0 aliphatic carbocycles. The van der Waals surface area contributed by atoms with E-state index in [0.29, 0.717) is 34.0 Å². The summed E-state index contributed by atoms with van der Waals surface area (Å²) in [7, 11) is 0. The number of carbonyl (C=O) groups excluding carboxylic acids is 1. The van der Waals surface area contributed by atoms with E-state index < -0.39 is 17.3 Å². The van der Waals surface area contributed by atoms with Gasteiger partial charge in [-0.25, -0.2) is 9.37 Å². The number of aliphatic imine (C=N–C) groups is 1. The smallest absolute Gasteiger partial charge is 0.267 e. The largest absolute Gasteiger partial charge is 0.387 e. The molecule has 0 bridgehead atoms. The lowest BCUT2D eigenvalue weighted by Crippen LogP contribution is -2.33. The van der Waals surface area contributed by atoms with E-state index in [4.69, 9.17) is 16.7 Å². The van der Waals surface area contributed by atoms with Crippen LogP contribution in [0.1, 0.15) is 28.5 Å². The molecular weight excluding hydrogens is 353 g/mol. The van der Waals surface area contributed by atoms with Gasteiger partial charge in [-0.05, 0) is 30.7 Å². The Morgan fingerprint density at radius 2 is 2.19 bits per heavy atom. The van der Waals surface area contributed by atoms with Gasteiger partial charge < -0.3 is 11.5 Å². The average Bonchev–Trinajstić information content (AvgIpc) is 2.61. The summed E-state index contributed by atoms with van der Waals surface area (Å²) in [6.07, 6.45) is 1.28. The van der Waals surface area contributed by atoms with Crippen LogP contribution in [0.4, 0.5) is 4.39 Å². The van der Waals surface area contributed by atoms with Gasteiger partial charge >= 0.3 is 0 Å². The van der Waals surface area contributed by atoms with Gasteiger partial charge in [0.05, 0.1) is 16.9 Å². The van der Waals surface area contributed by atoms with E-state index in [-0.39, 0.29) is 11.3 Å². The zero-order valence-electron chi connectivity index (χ0n) is 14.0. The molecule has 6 nitrogen and oxygen atoms in total. The van der Waals surface area contributed by atoms with E-state index in [2.05, 4.69) is 9.98 Å². The van der Waals surface area contributed by atoms with E-state index in [1.54, 1.807) is 17.8 Å². The molecule has 2 heterocycles. The van der Waals surface area contributed by atoms with Crippen LogP contribution in [-0.4, -0.2) is 28.2 Å². The molecule has 132 valence electrons. The van der Waals surface area contributed by atoms with Crippen LogP contribution in [0.3, 0.4) is 0 Å². The summed E-state index contributed by atoms with van der Waals surface area (Å²) in [6, 6.07) is 7.94. The topological polar surface area (TPSA) is 118 Å². The number of nitrogens with two attached hydrogens (primary N) is 2. The minimum Gasteiger partial charge on any atom is -0.387 e. The number of nitriles is 1. The molecule has 0 saturated heterocycles. The number of rotatable bonds is 3. The van der Waals surface area contributed by atoms with Crippen molar-refractivity contribution in [3.05, 3.63) is 53.1 Å². The Hall–Kier alpha value is -2.92. The van der Waals surface area contributed by atoms with Gasteiger partial charge in [0.15, 0.2) is 0 Å². The molecule has 0 unspecified atom stereocenters. The molecule has 26 heavy (non-hydrogen) atoms. The van der Waals surface area contributed by atoms with E-state index in [1.807, 2.05) is 13.0 Å². The highest BCUT2D eigenvalue weighted by Gasteiger charge is 2.32. The second-order valence-corrected chi connectivity index (χ2v) is 7.15. The molecule has 1 atom stereocenters. The first-order chi connectivity index (χ1) is 12.3. The zero-order chi connectivity index (χ0) is 18.9. The molecule has 1 amide bonds. The van der Waals surface area contributed by atoms with Crippen LogP contribution in [0.25, 0.3) is 11.1 Å². The maximum absolute atomic E-state index is 14.6. The fraction of sp³-hybridized carbons (Fsp3) is 0.222. The highest BCUT2D eigenvalue weighted by molar-refractivity contribution is 8.00. The third-order valence-corrected chi connectivity index (χ3v) is 5.40. The quantitative estimate of drug-likeness (QED) is 0.859. The Kier molecular flexibility index (Phi) is 4.66. The van der Waals surface area contributed by atoms with Gasteiger partial charge in [-0.15, -0.1) is 0 Å². The number of amides is 1. The lowest BCUT2D eigenvalue weighted by molar-refractivity contribution is 0.0996. The van der Waals surface area contributed by atoms with Crippen LogP contribution in [0, 0.1) is 17.1 Å². The lowest BCUT2D eigenvalue weighted by atomic mass is 9.90. The summed E-state index contributed by atoms with van der Waals surface area (Å²) in [4.78, 5) is 20.1. The molecule has 0 radical (unpaired) electrons. The van der Waals surface area contributed by atoms with Gasteiger partial charge in [0.25, 0.3) is 5.91 Å². The number of aromatic nitrogens is 1. The number of benzene rings is 1. The van der Waals surface area contributed by atoms with E-state index in [9.17, 15) is 9.18 Å². The number of nitrogens with zero attached hydrogens (tertiary/aromatic N) is 3. The number of primary amides is 1. The molecule has 1 aliphatic rings. The molecule has 3 rings (SSSR count). The third kappa shape index (κ3) is 3.26. The van der Waals surface area contributed by atoms with Crippen molar-refractivity contribution in [2.75, 3.05) is 11.5 Å². The SMILES string of the molecule is C[C@@]1(c2cc(-c3cc(C#N)cnc3C(N)=O)ccc2F)CSCC(N)=N1. The molecule has 1 aliphatic heterocycles. The first-order valence-corrected chi connectivity index (χ1v) is 8.92. The van der Waals surface area contributed by atoms with Crippen molar-refractivity contribution in [2.45, 2.75) is 12.5 Å². The predicted molar refractivity (Wildman–Crippen MR) is 99.2 cm³/mol. The van der Waals surface area contributed by atoms with Crippen LogP contribution in [0.15, 0.2) is 35.5 Å². The molecular formula is C18H16FN5OS. The zero-order valence-corrected chi connectivity index (χ0v) is 14.8. The molecule has 1 aromatic heterocycles. The fourth-order valence-electron chi connectivity index (χ4n) is 2.92. The second kappa shape index (κ2) is 6.77. The van der Waals surface area contributed by atoms with Crippen molar-refractivity contribution in [1.82, 2.24) is 4.98 Å². The summed E-state index contributed by atoms with van der Waals surface area (Å²) in [5.41, 5.74) is 12.0. The number of amidine groups is 1. The number of hydrogen-bond acceptors (Lipinski definition) is 6. The first-order valence-electron chi connectivity index (χ1n) is 7.76. The molecule has 0 fully saturated rings. The molecule has 0 spiro atoms. The molecule has 1 aromatic carbocycles. The Labute approximate surface area is 154 Å². The molecule has 4 N–H and O–H groups in total. The van der Waals surface area contributed by atoms with Gasteiger partial charge in [-0.2, -0.15) is 17.0 Å². The fourth-order valence-corrected chi connectivity index (χ4v) is 3.91. The first kappa shape index (κ1) is 17.9. The Balaban J connectivity index is 2.19. The summed E-state index contributed by atoms with van der Waals surface area (Å²) >= 11 is 1.58. The summed E-state index contributed by atoms with van der Waals surface area (Å²) in [5, 5.41) is 9.11. The van der Waals surface area contributed by atoms with Crippen LogP contribution >= 0.6 is 11.8 Å². The van der Waals surface area contributed by atoms with Crippen LogP contribution in [-0.2, 0) is 5.54 Å². The van der Waals surface area contributed by atoms with Gasteiger partial charge in [0.1, 0.15) is 23.4 Å². The predicted octanol–water partition coefficient (Wildman–Crippen LogP) is 2.18. The van der Waals surface area contributed by atoms with Crippen LogP contribution in [0.5, 0.6) is 0 Å².